The van der Waals surface area contributed by atoms with Gasteiger partial charge in [-0.2, -0.15) is 0 Å². The van der Waals surface area contributed by atoms with E-state index in [9.17, 15) is 14.9 Å². The largest absolute Gasteiger partial charge is 0.379 e. The zero-order valence-electron chi connectivity index (χ0n) is 14.3. The van der Waals surface area contributed by atoms with Gasteiger partial charge in [-0.15, -0.1) is 0 Å². The van der Waals surface area contributed by atoms with E-state index in [2.05, 4.69) is 10.2 Å². The Kier molecular flexibility index (Phi) is 5.93. The number of hydrogen-bond acceptors (Lipinski definition) is 5. The van der Waals surface area contributed by atoms with Gasteiger partial charge in [0.1, 0.15) is 5.56 Å². The number of nitro benzene ring substituents is 1. The third-order valence-electron chi connectivity index (χ3n) is 4.47. The average molecular weight is 355 g/mol. The standard InChI is InChI=1S/C19H21N3O4/c23-19(16-8-4-5-9-17(16)22(24)25)20-14-18(15-6-2-1-3-7-15)21-10-12-26-13-11-21/h1-9,18H,10-14H2,(H,20,23). The van der Waals surface area contributed by atoms with E-state index in [1.807, 2.05) is 30.3 Å². The Morgan fingerprint density at radius 1 is 1.12 bits per heavy atom. The SMILES string of the molecule is O=C(NCC(c1ccccc1)N1CCOCC1)c1ccccc1[N+](=O)[O-]. The first-order valence-corrected chi connectivity index (χ1v) is 8.55. The van der Waals surface area contributed by atoms with Gasteiger partial charge in [0.2, 0.25) is 0 Å². The number of nitro groups is 1. The molecule has 0 radical (unpaired) electrons. The van der Waals surface area contributed by atoms with Gasteiger partial charge >= 0.3 is 0 Å². The number of para-hydroxylation sites is 1. The van der Waals surface area contributed by atoms with Crippen molar-refractivity contribution < 1.29 is 14.5 Å². The number of amides is 1. The molecule has 1 N–H and O–H groups in total. The number of nitrogens with one attached hydrogen (secondary N) is 1. The molecule has 7 heteroatoms. The van der Waals surface area contributed by atoms with Crippen molar-refractivity contribution in [2.24, 2.45) is 0 Å². The molecule has 2 aromatic rings. The predicted octanol–water partition coefficient (Wildman–Crippen LogP) is 2.40. The smallest absolute Gasteiger partial charge is 0.282 e. The molecule has 1 aliphatic heterocycles. The van der Waals surface area contributed by atoms with E-state index < -0.39 is 10.8 Å². The van der Waals surface area contributed by atoms with E-state index in [0.717, 1.165) is 18.7 Å². The predicted molar refractivity (Wildman–Crippen MR) is 97.0 cm³/mol. The number of carbonyl (C=O) groups is 1. The molecule has 7 nitrogen and oxygen atoms in total. The summed E-state index contributed by atoms with van der Waals surface area (Å²) in [4.78, 5) is 25.4. The Bertz CT molecular complexity index is 760. The Morgan fingerprint density at radius 2 is 1.77 bits per heavy atom. The molecule has 0 spiro atoms. The number of benzene rings is 2. The van der Waals surface area contributed by atoms with Crippen LogP contribution < -0.4 is 5.32 Å². The molecule has 1 amide bonds. The molecule has 0 aliphatic carbocycles. The summed E-state index contributed by atoms with van der Waals surface area (Å²) in [6.07, 6.45) is 0. The molecular formula is C19H21N3O4. The zero-order valence-corrected chi connectivity index (χ0v) is 14.3. The van der Waals surface area contributed by atoms with Crippen LogP contribution in [0.3, 0.4) is 0 Å². The summed E-state index contributed by atoms with van der Waals surface area (Å²) in [5.74, 6) is -0.438. The first kappa shape index (κ1) is 18.0. The van der Waals surface area contributed by atoms with Crippen molar-refractivity contribution in [3.8, 4) is 0 Å². The van der Waals surface area contributed by atoms with Crippen LogP contribution in [0.4, 0.5) is 5.69 Å². The van der Waals surface area contributed by atoms with Crippen LogP contribution in [0.25, 0.3) is 0 Å². The van der Waals surface area contributed by atoms with Crippen molar-refractivity contribution in [3.63, 3.8) is 0 Å². The highest BCUT2D eigenvalue weighted by Crippen LogP contribution is 2.22. The van der Waals surface area contributed by atoms with Crippen LogP contribution in [0.15, 0.2) is 54.6 Å². The van der Waals surface area contributed by atoms with Gasteiger partial charge in [0.25, 0.3) is 11.6 Å². The van der Waals surface area contributed by atoms with Gasteiger partial charge in [-0.25, -0.2) is 0 Å². The lowest BCUT2D eigenvalue weighted by atomic mass is 10.0. The monoisotopic (exact) mass is 355 g/mol. The highest BCUT2D eigenvalue weighted by molar-refractivity contribution is 5.98. The van der Waals surface area contributed by atoms with Crippen molar-refractivity contribution in [2.75, 3.05) is 32.8 Å². The number of carbonyl (C=O) groups excluding carboxylic acids is 1. The third-order valence-corrected chi connectivity index (χ3v) is 4.47. The van der Waals surface area contributed by atoms with Gasteiger partial charge in [0, 0.05) is 25.7 Å². The van der Waals surface area contributed by atoms with Crippen LogP contribution in [0.5, 0.6) is 0 Å². The Balaban J connectivity index is 1.75. The minimum Gasteiger partial charge on any atom is -0.379 e. The maximum atomic E-state index is 12.5. The average Bonchev–Trinajstić information content (AvgIpc) is 2.69. The molecule has 1 aliphatic rings. The number of hydrogen-bond donors (Lipinski definition) is 1. The number of ether oxygens (including phenoxy) is 1. The van der Waals surface area contributed by atoms with Crippen molar-refractivity contribution in [3.05, 3.63) is 75.8 Å². The lowest BCUT2D eigenvalue weighted by Crippen LogP contribution is -2.43. The molecule has 0 aromatic heterocycles. The fraction of sp³-hybridized carbons (Fsp3) is 0.316. The van der Waals surface area contributed by atoms with Gasteiger partial charge in [0.05, 0.1) is 24.2 Å². The molecule has 1 heterocycles. The Hall–Kier alpha value is -2.77. The van der Waals surface area contributed by atoms with E-state index in [1.54, 1.807) is 12.1 Å². The lowest BCUT2D eigenvalue weighted by Gasteiger charge is -2.34. The number of rotatable bonds is 6. The quantitative estimate of drug-likeness (QED) is 0.635. The van der Waals surface area contributed by atoms with Crippen molar-refractivity contribution in [2.45, 2.75) is 6.04 Å². The lowest BCUT2D eigenvalue weighted by molar-refractivity contribution is -0.385. The maximum absolute atomic E-state index is 12.5. The van der Waals surface area contributed by atoms with E-state index >= 15 is 0 Å². The molecule has 2 aromatic carbocycles. The van der Waals surface area contributed by atoms with Gasteiger partial charge in [-0.05, 0) is 11.6 Å². The second-order valence-corrected chi connectivity index (χ2v) is 6.06. The molecule has 0 saturated carbocycles. The molecule has 1 atom stereocenters. The van der Waals surface area contributed by atoms with Gasteiger partial charge in [-0.1, -0.05) is 42.5 Å². The maximum Gasteiger partial charge on any atom is 0.282 e. The van der Waals surface area contributed by atoms with Crippen LogP contribution in [-0.2, 0) is 4.74 Å². The van der Waals surface area contributed by atoms with Crippen LogP contribution in [-0.4, -0.2) is 48.6 Å². The molecule has 1 saturated heterocycles. The topological polar surface area (TPSA) is 84.7 Å². The highest BCUT2D eigenvalue weighted by atomic mass is 16.6. The molecule has 0 bridgehead atoms. The molecule has 1 unspecified atom stereocenters. The first-order valence-electron chi connectivity index (χ1n) is 8.55. The van der Waals surface area contributed by atoms with Crippen molar-refractivity contribution >= 4 is 11.6 Å². The third kappa shape index (κ3) is 4.25. The van der Waals surface area contributed by atoms with E-state index in [-0.39, 0.29) is 17.3 Å². The molecule has 3 rings (SSSR count). The summed E-state index contributed by atoms with van der Waals surface area (Å²) in [6, 6.07) is 15.9. The minimum absolute atomic E-state index is 0.00758. The van der Waals surface area contributed by atoms with E-state index in [1.165, 1.54) is 12.1 Å². The van der Waals surface area contributed by atoms with Crippen LogP contribution in [0.1, 0.15) is 22.0 Å². The second-order valence-electron chi connectivity index (χ2n) is 6.06. The molecule has 26 heavy (non-hydrogen) atoms. The molecule has 136 valence electrons. The first-order chi connectivity index (χ1) is 12.7. The van der Waals surface area contributed by atoms with E-state index in [4.69, 9.17) is 4.74 Å². The fourth-order valence-corrected chi connectivity index (χ4v) is 3.13. The van der Waals surface area contributed by atoms with Gasteiger partial charge < -0.3 is 10.1 Å². The summed E-state index contributed by atoms with van der Waals surface area (Å²) in [5, 5.41) is 14.0. The van der Waals surface area contributed by atoms with Crippen molar-refractivity contribution in [1.29, 1.82) is 0 Å². The molecule has 1 fully saturated rings. The highest BCUT2D eigenvalue weighted by Gasteiger charge is 2.25. The Morgan fingerprint density at radius 3 is 2.46 bits per heavy atom. The Labute approximate surface area is 151 Å². The molecular weight excluding hydrogens is 334 g/mol. The zero-order chi connectivity index (χ0) is 18.4. The number of morpholine rings is 1. The van der Waals surface area contributed by atoms with Crippen LogP contribution in [0, 0.1) is 10.1 Å². The van der Waals surface area contributed by atoms with Gasteiger partial charge in [-0.3, -0.25) is 19.8 Å². The number of nitrogens with zero attached hydrogens (tertiary/aromatic N) is 2. The second kappa shape index (κ2) is 8.55. The summed E-state index contributed by atoms with van der Waals surface area (Å²) >= 11 is 0. The van der Waals surface area contributed by atoms with Crippen LogP contribution in [0.2, 0.25) is 0 Å². The van der Waals surface area contributed by atoms with Gasteiger partial charge in [0.15, 0.2) is 0 Å². The summed E-state index contributed by atoms with van der Waals surface area (Å²) in [5.41, 5.74) is 0.983. The minimum atomic E-state index is -0.536. The van der Waals surface area contributed by atoms with Crippen molar-refractivity contribution in [1.82, 2.24) is 10.2 Å². The summed E-state index contributed by atoms with van der Waals surface area (Å²) in [7, 11) is 0. The summed E-state index contributed by atoms with van der Waals surface area (Å²) < 4.78 is 5.42. The summed E-state index contributed by atoms with van der Waals surface area (Å²) in [6.45, 7) is 3.24. The fourth-order valence-electron chi connectivity index (χ4n) is 3.13. The van der Waals surface area contributed by atoms with Crippen LogP contribution >= 0.6 is 0 Å². The van der Waals surface area contributed by atoms with E-state index in [0.29, 0.717) is 19.8 Å². The normalized spacial score (nSPS) is 16.0.